The molecule has 0 aromatic heterocycles. The van der Waals surface area contributed by atoms with Gasteiger partial charge in [0.2, 0.25) is 0 Å². The third kappa shape index (κ3) is 6.74. The summed E-state index contributed by atoms with van der Waals surface area (Å²) >= 11 is 0. The Balaban J connectivity index is 4.16. The van der Waals surface area contributed by atoms with Crippen LogP contribution < -0.4 is 0 Å². The van der Waals surface area contributed by atoms with E-state index >= 15 is 0 Å². The maximum atomic E-state index is 2.49. The van der Waals surface area contributed by atoms with E-state index in [9.17, 15) is 0 Å². The minimum Gasteiger partial charge on any atom is -0.136 e. The smallest absolute Gasteiger partial charge is 0.0774 e. The lowest BCUT2D eigenvalue weighted by atomic mass is 10.4. The van der Waals surface area contributed by atoms with Crippen LogP contribution in [0.15, 0.2) is 0 Å². The average Bonchev–Trinajstić information content (AvgIpc) is 2.29. The Morgan fingerprint density at radius 1 is 0.733 bits per heavy atom. The van der Waals surface area contributed by atoms with Gasteiger partial charge in [0.25, 0.3) is 0 Å². The molecule has 0 spiro atoms. The van der Waals surface area contributed by atoms with Gasteiger partial charge in [0, 0.05) is 0 Å². The fraction of sp³-hybridized carbons (Fsp3) is 1.00. The SMILES string of the molecule is CCCC[Si](CCCC)(CCCC)PC. The van der Waals surface area contributed by atoms with Crippen LogP contribution in [0.5, 0.6) is 0 Å². The molecule has 0 aromatic carbocycles. The van der Waals surface area contributed by atoms with Crippen LogP contribution in [-0.2, 0) is 0 Å². The van der Waals surface area contributed by atoms with Gasteiger partial charge in [0.15, 0.2) is 0 Å². The molecule has 0 aliphatic heterocycles. The van der Waals surface area contributed by atoms with Crippen molar-refractivity contribution in [1.29, 1.82) is 0 Å². The fourth-order valence-electron chi connectivity index (χ4n) is 2.30. The van der Waals surface area contributed by atoms with E-state index in [1.54, 1.807) is 18.1 Å². The highest BCUT2D eigenvalue weighted by molar-refractivity contribution is 7.81. The van der Waals surface area contributed by atoms with Crippen molar-refractivity contribution in [3.8, 4) is 0 Å². The quantitative estimate of drug-likeness (QED) is 0.345. The molecule has 1 atom stereocenters. The van der Waals surface area contributed by atoms with Crippen molar-refractivity contribution < 1.29 is 0 Å². The van der Waals surface area contributed by atoms with Gasteiger partial charge in [-0.25, -0.2) is 0 Å². The van der Waals surface area contributed by atoms with E-state index in [4.69, 9.17) is 0 Å². The summed E-state index contributed by atoms with van der Waals surface area (Å²) in [7, 11) is 0.483. The number of unbranched alkanes of at least 4 members (excludes halogenated alkanes) is 3. The monoisotopic (exact) mass is 246 g/mol. The summed E-state index contributed by atoms with van der Waals surface area (Å²) in [6, 6.07) is 4.87. The van der Waals surface area contributed by atoms with Gasteiger partial charge >= 0.3 is 0 Å². The average molecular weight is 246 g/mol. The van der Waals surface area contributed by atoms with Crippen LogP contribution in [0.1, 0.15) is 59.3 Å². The molecular weight excluding hydrogens is 215 g/mol. The molecule has 2 heteroatoms. The van der Waals surface area contributed by atoms with Crippen LogP contribution in [0.4, 0.5) is 0 Å². The van der Waals surface area contributed by atoms with Crippen LogP contribution in [0.3, 0.4) is 0 Å². The van der Waals surface area contributed by atoms with Gasteiger partial charge in [-0.1, -0.05) is 84.1 Å². The molecular formula is C13H31PSi. The first-order chi connectivity index (χ1) is 7.24. The summed E-state index contributed by atoms with van der Waals surface area (Å²) in [6.07, 6.45) is 8.70. The molecule has 0 bridgehead atoms. The molecule has 0 saturated carbocycles. The molecule has 0 rings (SSSR count). The Kier molecular flexibility index (Phi) is 10.3. The third-order valence-corrected chi connectivity index (χ3v) is 14.0. The molecule has 1 unspecified atom stereocenters. The number of hydrogen-bond donors (Lipinski definition) is 0. The predicted molar refractivity (Wildman–Crippen MR) is 79.1 cm³/mol. The van der Waals surface area contributed by atoms with Gasteiger partial charge in [0.1, 0.15) is 0 Å². The summed E-state index contributed by atoms with van der Waals surface area (Å²) in [6.45, 7) is 9.53. The normalized spacial score (nSPS) is 12.8. The van der Waals surface area contributed by atoms with Gasteiger partial charge in [-0.2, -0.15) is 0 Å². The third-order valence-electron chi connectivity index (χ3n) is 3.56. The second-order valence-corrected chi connectivity index (χ2v) is 14.1. The molecule has 0 aromatic rings. The Morgan fingerprint density at radius 3 is 1.27 bits per heavy atom. The van der Waals surface area contributed by atoms with Crippen molar-refractivity contribution in [2.24, 2.45) is 0 Å². The van der Waals surface area contributed by atoms with Crippen LogP contribution in [0, 0.1) is 0 Å². The molecule has 92 valence electrons. The van der Waals surface area contributed by atoms with Crippen LogP contribution in [0.2, 0.25) is 18.1 Å². The Morgan fingerprint density at radius 2 is 1.07 bits per heavy atom. The lowest BCUT2D eigenvalue weighted by molar-refractivity contribution is 0.807. The van der Waals surface area contributed by atoms with Gasteiger partial charge in [0.05, 0.1) is 7.74 Å². The molecule has 0 nitrogen and oxygen atoms in total. The van der Waals surface area contributed by atoms with Crippen molar-refractivity contribution >= 4 is 15.9 Å². The molecule has 0 amide bonds. The van der Waals surface area contributed by atoms with Crippen molar-refractivity contribution in [3.05, 3.63) is 0 Å². The van der Waals surface area contributed by atoms with E-state index in [1.165, 1.54) is 46.7 Å². The van der Waals surface area contributed by atoms with Crippen molar-refractivity contribution in [2.45, 2.75) is 77.4 Å². The zero-order valence-electron chi connectivity index (χ0n) is 11.4. The first-order valence-corrected chi connectivity index (χ1v) is 12.1. The fourth-order valence-corrected chi connectivity index (χ4v) is 10.7. The van der Waals surface area contributed by atoms with Gasteiger partial charge in [-0.3, -0.25) is 0 Å². The number of hydrogen-bond acceptors (Lipinski definition) is 0. The highest BCUT2D eigenvalue weighted by atomic mass is 31.3. The predicted octanol–water partition coefficient (Wildman–Crippen LogP) is 5.64. The van der Waals surface area contributed by atoms with E-state index in [0.717, 1.165) is 0 Å². The molecule has 0 aliphatic rings. The van der Waals surface area contributed by atoms with E-state index in [1.807, 2.05) is 0 Å². The maximum Gasteiger partial charge on any atom is 0.0774 e. The minimum atomic E-state index is -0.805. The summed E-state index contributed by atoms with van der Waals surface area (Å²) in [5, 5.41) is 0. The molecule has 15 heavy (non-hydrogen) atoms. The highest BCUT2D eigenvalue weighted by Crippen LogP contribution is 2.40. The van der Waals surface area contributed by atoms with E-state index < -0.39 is 7.74 Å². The molecule has 0 aliphatic carbocycles. The molecule has 0 heterocycles. The summed E-state index contributed by atoms with van der Waals surface area (Å²) in [5.74, 6) is 0. The van der Waals surface area contributed by atoms with Gasteiger partial charge < -0.3 is 0 Å². The van der Waals surface area contributed by atoms with Crippen molar-refractivity contribution in [1.82, 2.24) is 0 Å². The van der Waals surface area contributed by atoms with Crippen molar-refractivity contribution in [3.63, 3.8) is 0 Å². The van der Waals surface area contributed by atoms with Crippen molar-refractivity contribution in [2.75, 3.05) is 6.66 Å². The second kappa shape index (κ2) is 9.84. The zero-order chi connectivity index (χ0) is 11.6. The molecule has 0 fully saturated rings. The topological polar surface area (TPSA) is 0 Å². The Bertz CT molecular complexity index is 115. The lowest BCUT2D eigenvalue weighted by Crippen LogP contribution is -2.28. The first-order valence-electron chi connectivity index (χ1n) is 6.93. The van der Waals surface area contributed by atoms with E-state index in [-0.39, 0.29) is 0 Å². The molecule has 0 saturated heterocycles. The highest BCUT2D eigenvalue weighted by Gasteiger charge is 2.28. The first kappa shape index (κ1) is 15.6. The largest absolute Gasteiger partial charge is 0.136 e. The second-order valence-electron chi connectivity index (χ2n) is 4.84. The lowest BCUT2D eigenvalue weighted by Gasteiger charge is -2.30. The van der Waals surface area contributed by atoms with Crippen LogP contribution in [-0.4, -0.2) is 14.4 Å². The minimum absolute atomic E-state index is 0.805. The summed E-state index contributed by atoms with van der Waals surface area (Å²) < 4.78 is 0. The standard InChI is InChI=1S/C13H31PSi/c1-5-8-11-15(14-4,12-9-6-2)13-10-7-3/h14H,5-13H2,1-4H3. The van der Waals surface area contributed by atoms with Crippen LogP contribution in [0.25, 0.3) is 0 Å². The zero-order valence-corrected chi connectivity index (χ0v) is 13.4. The summed E-state index contributed by atoms with van der Waals surface area (Å²) in [4.78, 5) is 0. The van der Waals surface area contributed by atoms with Gasteiger partial charge in [-0.15, -0.1) is 8.13 Å². The van der Waals surface area contributed by atoms with E-state index in [2.05, 4.69) is 27.4 Å². The Hall–Kier alpha value is 0.647. The molecule has 0 radical (unpaired) electrons. The maximum absolute atomic E-state index is 2.49. The van der Waals surface area contributed by atoms with Gasteiger partial charge in [-0.05, 0) is 0 Å². The van der Waals surface area contributed by atoms with Crippen LogP contribution >= 0.6 is 8.13 Å². The Labute approximate surface area is 100 Å². The van der Waals surface area contributed by atoms with E-state index in [0.29, 0.717) is 0 Å². The molecule has 0 N–H and O–H groups in total. The number of rotatable bonds is 10. The summed E-state index contributed by atoms with van der Waals surface area (Å²) in [5.41, 5.74) is 0.